The lowest BCUT2D eigenvalue weighted by Crippen LogP contribution is -2.25. The molecule has 0 radical (unpaired) electrons. The van der Waals surface area contributed by atoms with E-state index in [1.54, 1.807) is 11.8 Å². The summed E-state index contributed by atoms with van der Waals surface area (Å²) in [5, 5.41) is 0. The zero-order chi connectivity index (χ0) is 15.0. The molecule has 4 nitrogen and oxygen atoms in total. The van der Waals surface area contributed by atoms with Gasteiger partial charge in [0.1, 0.15) is 11.4 Å². The molecule has 0 saturated heterocycles. The number of carbonyl (C=O) groups excluding carboxylic acids is 1. The fourth-order valence-corrected chi connectivity index (χ4v) is 2.17. The molecule has 0 aliphatic heterocycles. The van der Waals surface area contributed by atoms with Gasteiger partial charge < -0.3 is 15.2 Å². The van der Waals surface area contributed by atoms with E-state index in [4.69, 9.17) is 15.2 Å². The number of nitrogens with two attached hydrogens (primary N) is 1. The highest BCUT2D eigenvalue weighted by atomic mass is 32.2. The van der Waals surface area contributed by atoms with Crippen LogP contribution in [0.3, 0.4) is 0 Å². The van der Waals surface area contributed by atoms with E-state index in [9.17, 15) is 4.79 Å². The van der Waals surface area contributed by atoms with Gasteiger partial charge in [-0.3, -0.25) is 4.79 Å². The predicted octanol–water partition coefficient (Wildman–Crippen LogP) is 3.11. The number of thioether (sulfide) groups is 1. The summed E-state index contributed by atoms with van der Waals surface area (Å²) in [5.41, 5.74) is 6.00. The summed E-state index contributed by atoms with van der Waals surface area (Å²) in [4.78, 5) is 11.5. The van der Waals surface area contributed by atoms with E-state index in [1.807, 2.05) is 45.0 Å². The van der Waals surface area contributed by atoms with Crippen LogP contribution >= 0.6 is 11.8 Å². The van der Waals surface area contributed by atoms with E-state index in [2.05, 4.69) is 0 Å². The van der Waals surface area contributed by atoms with E-state index in [0.717, 1.165) is 12.2 Å². The summed E-state index contributed by atoms with van der Waals surface area (Å²) >= 11 is 1.56. The zero-order valence-electron chi connectivity index (χ0n) is 12.3. The van der Waals surface area contributed by atoms with Crippen LogP contribution in [0.5, 0.6) is 5.75 Å². The Bertz CT molecular complexity index is 429. The number of hydrogen-bond acceptors (Lipinski definition) is 5. The van der Waals surface area contributed by atoms with Gasteiger partial charge in [0.25, 0.3) is 0 Å². The normalized spacial score (nSPS) is 11.2. The van der Waals surface area contributed by atoms with Crippen LogP contribution in [0, 0.1) is 0 Å². The minimum Gasteiger partial charge on any atom is -0.491 e. The van der Waals surface area contributed by atoms with Crippen molar-refractivity contribution in [2.75, 3.05) is 23.8 Å². The maximum Gasteiger partial charge on any atom is 0.316 e. The van der Waals surface area contributed by atoms with E-state index < -0.39 is 5.60 Å². The molecule has 0 heterocycles. The van der Waals surface area contributed by atoms with Crippen LogP contribution in [0.15, 0.2) is 24.3 Å². The van der Waals surface area contributed by atoms with Gasteiger partial charge in [0.05, 0.1) is 18.0 Å². The SMILES string of the molecule is CC(C)(C)OC(=O)CSCCCOc1ccccc1N. The van der Waals surface area contributed by atoms with Crippen LogP contribution in [-0.4, -0.2) is 29.7 Å². The molecule has 0 unspecified atom stereocenters. The molecule has 0 spiro atoms. The number of benzene rings is 1. The lowest BCUT2D eigenvalue weighted by molar-refractivity contribution is -0.151. The number of nitrogen functional groups attached to an aromatic ring is 1. The first-order valence-corrected chi connectivity index (χ1v) is 7.81. The Hall–Kier alpha value is -1.36. The van der Waals surface area contributed by atoms with Crippen molar-refractivity contribution in [3.8, 4) is 5.75 Å². The van der Waals surface area contributed by atoms with Crippen molar-refractivity contribution in [3.05, 3.63) is 24.3 Å². The number of anilines is 1. The molecule has 2 N–H and O–H groups in total. The second-order valence-electron chi connectivity index (χ2n) is 5.38. The van der Waals surface area contributed by atoms with Crippen molar-refractivity contribution in [1.82, 2.24) is 0 Å². The molecule has 1 aromatic rings. The lowest BCUT2D eigenvalue weighted by Gasteiger charge is -2.19. The number of hydrogen-bond donors (Lipinski definition) is 1. The monoisotopic (exact) mass is 297 g/mol. The topological polar surface area (TPSA) is 61.5 Å². The van der Waals surface area contributed by atoms with E-state index >= 15 is 0 Å². The third kappa shape index (κ3) is 7.28. The van der Waals surface area contributed by atoms with Gasteiger partial charge in [0.15, 0.2) is 0 Å². The maximum absolute atomic E-state index is 11.5. The van der Waals surface area contributed by atoms with Crippen molar-refractivity contribution < 1.29 is 14.3 Å². The first-order chi connectivity index (χ1) is 9.38. The summed E-state index contributed by atoms with van der Waals surface area (Å²) in [5.74, 6) is 1.77. The molecule has 20 heavy (non-hydrogen) atoms. The fourth-order valence-electron chi connectivity index (χ4n) is 1.48. The number of esters is 1. The highest BCUT2D eigenvalue weighted by Gasteiger charge is 2.15. The Kier molecular flexibility index (Phi) is 6.71. The molecule has 0 fully saturated rings. The van der Waals surface area contributed by atoms with Gasteiger partial charge in [-0.2, -0.15) is 11.8 Å². The number of ether oxygens (including phenoxy) is 2. The van der Waals surface area contributed by atoms with E-state index in [0.29, 0.717) is 23.8 Å². The van der Waals surface area contributed by atoms with Crippen LogP contribution in [0.25, 0.3) is 0 Å². The van der Waals surface area contributed by atoms with Crippen molar-refractivity contribution in [1.29, 1.82) is 0 Å². The van der Waals surface area contributed by atoms with E-state index in [-0.39, 0.29) is 5.97 Å². The van der Waals surface area contributed by atoms with Crippen molar-refractivity contribution in [3.63, 3.8) is 0 Å². The zero-order valence-corrected chi connectivity index (χ0v) is 13.2. The smallest absolute Gasteiger partial charge is 0.316 e. The average Bonchev–Trinajstić information content (AvgIpc) is 2.33. The van der Waals surface area contributed by atoms with Crippen LogP contribution in [0.4, 0.5) is 5.69 Å². The molecular weight excluding hydrogens is 274 g/mol. The number of carbonyl (C=O) groups is 1. The van der Waals surface area contributed by atoms with Gasteiger partial charge >= 0.3 is 5.97 Å². The molecule has 0 amide bonds. The van der Waals surface area contributed by atoms with Gasteiger partial charge in [0, 0.05) is 0 Å². The quantitative estimate of drug-likeness (QED) is 0.476. The van der Waals surface area contributed by atoms with Gasteiger partial charge in [-0.05, 0) is 45.1 Å². The summed E-state index contributed by atoms with van der Waals surface area (Å²) < 4.78 is 10.8. The molecule has 0 aliphatic rings. The molecule has 0 aromatic heterocycles. The minimum atomic E-state index is -0.411. The Morgan fingerprint density at radius 1 is 1.30 bits per heavy atom. The lowest BCUT2D eigenvalue weighted by atomic mass is 10.2. The Labute approximate surface area is 125 Å². The highest BCUT2D eigenvalue weighted by molar-refractivity contribution is 7.99. The fraction of sp³-hybridized carbons (Fsp3) is 0.533. The molecule has 1 rings (SSSR count). The van der Waals surface area contributed by atoms with Crippen LogP contribution in [0.1, 0.15) is 27.2 Å². The summed E-state index contributed by atoms with van der Waals surface area (Å²) in [7, 11) is 0. The molecular formula is C15H23NO3S. The average molecular weight is 297 g/mol. The van der Waals surface area contributed by atoms with Crippen molar-refractivity contribution in [2.24, 2.45) is 0 Å². The molecule has 5 heteroatoms. The standard InChI is InChI=1S/C15H23NO3S/c1-15(2,3)19-14(17)11-20-10-6-9-18-13-8-5-4-7-12(13)16/h4-5,7-8H,6,9-11,16H2,1-3H3. The predicted molar refractivity (Wildman–Crippen MR) is 84.1 cm³/mol. The van der Waals surface area contributed by atoms with Gasteiger partial charge in [0.2, 0.25) is 0 Å². The van der Waals surface area contributed by atoms with E-state index in [1.165, 1.54) is 0 Å². The molecule has 0 bridgehead atoms. The summed E-state index contributed by atoms with van der Waals surface area (Å²) in [6, 6.07) is 7.43. The van der Waals surface area contributed by atoms with Gasteiger partial charge in [-0.25, -0.2) is 0 Å². The Morgan fingerprint density at radius 3 is 2.65 bits per heavy atom. The van der Waals surface area contributed by atoms with Crippen LogP contribution in [-0.2, 0) is 9.53 Å². The molecule has 1 aromatic carbocycles. The third-order valence-electron chi connectivity index (χ3n) is 2.25. The molecule has 0 atom stereocenters. The summed E-state index contributed by atoms with van der Waals surface area (Å²) in [6.45, 7) is 6.20. The van der Waals surface area contributed by atoms with Gasteiger partial charge in [-0.15, -0.1) is 0 Å². The minimum absolute atomic E-state index is 0.171. The highest BCUT2D eigenvalue weighted by Crippen LogP contribution is 2.20. The number of para-hydroxylation sites is 2. The summed E-state index contributed by atoms with van der Waals surface area (Å²) in [6.07, 6.45) is 0.863. The van der Waals surface area contributed by atoms with Crippen LogP contribution in [0.2, 0.25) is 0 Å². The molecule has 0 aliphatic carbocycles. The number of rotatable bonds is 7. The first kappa shape index (κ1) is 16.7. The van der Waals surface area contributed by atoms with Crippen LogP contribution < -0.4 is 10.5 Å². The second kappa shape index (κ2) is 8.04. The Morgan fingerprint density at radius 2 is 2.00 bits per heavy atom. The second-order valence-corrected chi connectivity index (χ2v) is 6.48. The third-order valence-corrected chi connectivity index (χ3v) is 3.27. The van der Waals surface area contributed by atoms with Gasteiger partial charge in [-0.1, -0.05) is 12.1 Å². The molecule has 112 valence electrons. The largest absolute Gasteiger partial charge is 0.491 e. The van der Waals surface area contributed by atoms with Crippen molar-refractivity contribution >= 4 is 23.4 Å². The Balaban J connectivity index is 2.08. The molecule has 0 saturated carbocycles. The van der Waals surface area contributed by atoms with Crippen molar-refractivity contribution in [2.45, 2.75) is 32.8 Å². The maximum atomic E-state index is 11.5. The first-order valence-electron chi connectivity index (χ1n) is 6.65.